The predicted molar refractivity (Wildman–Crippen MR) is 85.7 cm³/mol. The molecule has 0 atom stereocenters. The molecule has 4 heteroatoms. The van der Waals surface area contributed by atoms with Crippen molar-refractivity contribution in [2.75, 3.05) is 19.8 Å². The zero-order chi connectivity index (χ0) is 14.8. The van der Waals surface area contributed by atoms with Gasteiger partial charge in [-0.05, 0) is 37.8 Å². The lowest BCUT2D eigenvalue weighted by Crippen LogP contribution is -2.42. The normalized spacial score (nSPS) is 11.6. The van der Waals surface area contributed by atoms with Gasteiger partial charge in [0, 0.05) is 26.4 Å². The van der Waals surface area contributed by atoms with Crippen LogP contribution in [0.15, 0.2) is 30.8 Å². The quantitative estimate of drug-likeness (QED) is 0.483. The Hall–Kier alpha value is -0.943. The van der Waals surface area contributed by atoms with Gasteiger partial charge in [0.25, 0.3) is 0 Å². The topological polar surface area (TPSA) is 27.7 Å². The van der Waals surface area contributed by atoms with E-state index in [-0.39, 0.29) is 0 Å². The fourth-order valence-electron chi connectivity index (χ4n) is 2.00. The van der Waals surface area contributed by atoms with Crippen molar-refractivity contribution in [1.82, 2.24) is 0 Å². The molecule has 0 unspecified atom stereocenters. The molecule has 0 bridgehead atoms. The first-order valence-corrected chi connectivity index (χ1v) is 9.49. The zero-order valence-corrected chi connectivity index (χ0v) is 13.9. The number of hydrogen-bond acceptors (Lipinski definition) is 3. The second kappa shape index (κ2) is 9.08. The molecule has 0 saturated heterocycles. The fraction of sp³-hybridized carbons (Fsp3) is 0.500. The third kappa shape index (κ3) is 6.01. The highest BCUT2D eigenvalue weighted by Gasteiger charge is 2.33. The van der Waals surface area contributed by atoms with Gasteiger partial charge in [0.15, 0.2) is 0 Å². The molecule has 0 radical (unpaired) electrons. The lowest BCUT2D eigenvalue weighted by Gasteiger charge is -2.24. The summed E-state index contributed by atoms with van der Waals surface area (Å²) in [5, 5.41) is 0. The summed E-state index contributed by atoms with van der Waals surface area (Å²) in [6, 6.07) is 8.45. The van der Waals surface area contributed by atoms with Crippen molar-refractivity contribution in [3.05, 3.63) is 42.0 Å². The van der Waals surface area contributed by atoms with Gasteiger partial charge in [0.1, 0.15) is 0 Å². The van der Waals surface area contributed by atoms with Crippen LogP contribution in [0.3, 0.4) is 0 Å². The summed E-state index contributed by atoms with van der Waals surface area (Å²) in [4.78, 5) is 0. The first-order valence-electron chi connectivity index (χ1n) is 7.26. The van der Waals surface area contributed by atoms with E-state index in [4.69, 9.17) is 13.3 Å². The maximum Gasteiger partial charge on any atom is 0.497 e. The SMILES string of the molecule is C=Cc1ccc(CCCO[Si](C)(OCC)OCC)cc1. The monoisotopic (exact) mass is 294 g/mol. The van der Waals surface area contributed by atoms with Gasteiger partial charge in [-0.3, -0.25) is 0 Å². The van der Waals surface area contributed by atoms with Crippen molar-refractivity contribution in [2.24, 2.45) is 0 Å². The maximum absolute atomic E-state index is 5.86. The molecule has 112 valence electrons. The van der Waals surface area contributed by atoms with E-state index in [0.29, 0.717) is 19.8 Å². The van der Waals surface area contributed by atoms with Crippen LogP contribution >= 0.6 is 0 Å². The smallest absolute Gasteiger partial charge is 0.374 e. The molecule has 0 aliphatic rings. The summed E-state index contributed by atoms with van der Waals surface area (Å²) >= 11 is 0. The summed E-state index contributed by atoms with van der Waals surface area (Å²) in [5.41, 5.74) is 2.47. The van der Waals surface area contributed by atoms with Crippen molar-refractivity contribution < 1.29 is 13.3 Å². The van der Waals surface area contributed by atoms with E-state index in [9.17, 15) is 0 Å². The summed E-state index contributed by atoms with van der Waals surface area (Å²) in [7, 11) is -2.42. The first kappa shape index (κ1) is 17.1. The molecule has 1 rings (SSSR count). The highest BCUT2D eigenvalue weighted by molar-refractivity contribution is 6.59. The number of hydrogen-bond donors (Lipinski definition) is 0. The van der Waals surface area contributed by atoms with Crippen LogP contribution in [-0.4, -0.2) is 28.6 Å². The van der Waals surface area contributed by atoms with Crippen LogP contribution in [0.2, 0.25) is 6.55 Å². The Morgan fingerprint density at radius 1 is 1.05 bits per heavy atom. The molecule has 0 aliphatic carbocycles. The average molecular weight is 294 g/mol. The van der Waals surface area contributed by atoms with Crippen LogP contribution in [0.1, 0.15) is 31.4 Å². The third-order valence-electron chi connectivity index (χ3n) is 3.00. The molecule has 0 N–H and O–H groups in total. The minimum absolute atomic E-state index is 0.631. The zero-order valence-electron chi connectivity index (χ0n) is 12.9. The first-order chi connectivity index (χ1) is 9.63. The van der Waals surface area contributed by atoms with Gasteiger partial charge in [0.2, 0.25) is 0 Å². The predicted octanol–water partition coefficient (Wildman–Crippen LogP) is 3.92. The molecular weight excluding hydrogens is 268 g/mol. The highest BCUT2D eigenvalue weighted by Crippen LogP contribution is 2.12. The summed E-state index contributed by atoms with van der Waals surface area (Å²) in [6.07, 6.45) is 3.82. The molecule has 0 saturated carbocycles. The van der Waals surface area contributed by atoms with Gasteiger partial charge >= 0.3 is 8.80 Å². The van der Waals surface area contributed by atoms with E-state index < -0.39 is 8.80 Å². The Morgan fingerprint density at radius 2 is 1.65 bits per heavy atom. The number of aryl methyl sites for hydroxylation is 1. The van der Waals surface area contributed by atoms with Crippen molar-refractivity contribution in [1.29, 1.82) is 0 Å². The van der Waals surface area contributed by atoms with Crippen LogP contribution in [0.25, 0.3) is 6.08 Å². The van der Waals surface area contributed by atoms with Gasteiger partial charge in [-0.25, -0.2) is 0 Å². The molecule has 0 spiro atoms. The van der Waals surface area contributed by atoms with E-state index >= 15 is 0 Å². The molecule has 1 aromatic carbocycles. The Balaban J connectivity index is 2.33. The van der Waals surface area contributed by atoms with E-state index in [1.807, 2.05) is 26.5 Å². The minimum Gasteiger partial charge on any atom is -0.374 e. The number of benzene rings is 1. The van der Waals surface area contributed by atoms with Crippen LogP contribution in [0.5, 0.6) is 0 Å². The van der Waals surface area contributed by atoms with Gasteiger partial charge in [-0.2, -0.15) is 0 Å². The summed E-state index contributed by atoms with van der Waals surface area (Å²) in [6.45, 7) is 11.6. The lowest BCUT2D eigenvalue weighted by atomic mass is 10.1. The molecule has 0 heterocycles. The van der Waals surface area contributed by atoms with E-state index in [1.54, 1.807) is 0 Å². The maximum atomic E-state index is 5.86. The molecule has 0 fully saturated rings. The Kier molecular flexibility index (Phi) is 7.77. The largest absolute Gasteiger partial charge is 0.497 e. The fourth-order valence-corrected chi connectivity index (χ4v) is 3.82. The molecule has 3 nitrogen and oxygen atoms in total. The molecule has 0 amide bonds. The minimum atomic E-state index is -2.42. The lowest BCUT2D eigenvalue weighted by molar-refractivity contribution is 0.0730. The standard InChI is InChI=1S/C16H26O3Si/c1-5-15-10-12-16(13-11-15)9-8-14-19-20(4,17-6-2)18-7-3/h5,10-13H,1,6-9,14H2,2-4H3. The van der Waals surface area contributed by atoms with Crippen LogP contribution in [0, 0.1) is 0 Å². The Bertz CT molecular complexity index is 383. The Morgan fingerprint density at radius 3 is 2.15 bits per heavy atom. The van der Waals surface area contributed by atoms with Crippen molar-refractivity contribution in [2.45, 2.75) is 33.2 Å². The molecule has 0 aliphatic heterocycles. The summed E-state index contributed by atoms with van der Waals surface area (Å²) < 4.78 is 17.1. The van der Waals surface area contributed by atoms with Gasteiger partial charge in [-0.15, -0.1) is 0 Å². The van der Waals surface area contributed by atoms with Gasteiger partial charge < -0.3 is 13.3 Å². The second-order valence-corrected chi connectivity index (χ2v) is 7.22. The average Bonchev–Trinajstić information content (AvgIpc) is 2.45. The molecule has 20 heavy (non-hydrogen) atoms. The highest BCUT2D eigenvalue weighted by atomic mass is 28.4. The van der Waals surface area contributed by atoms with Crippen LogP contribution < -0.4 is 0 Å². The molecule has 0 aromatic heterocycles. The van der Waals surface area contributed by atoms with Crippen molar-refractivity contribution in [3.8, 4) is 0 Å². The number of rotatable bonds is 10. The molecular formula is C16H26O3Si. The van der Waals surface area contributed by atoms with Crippen LogP contribution in [0.4, 0.5) is 0 Å². The third-order valence-corrected chi connectivity index (χ3v) is 5.36. The van der Waals surface area contributed by atoms with E-state index in [1.165, 1.54) is 5.56 Å². The molecule has 1 aromatic rings. The summed E-state index contributed by atoms with van der Waals surface area (Å²) in [5.74, 6) is 0. The second-order valence-electron chi connectivity index (χ2n) is 4.63. The van der Waals surface area contributed by atoms with Crippen molar-refractivity contribution >= 4 is 14.9 Å². The van der Waals surface area contributed by atoms with E-state index in [2.05, 4.69) is 30.8 Å². The van der Waals surface area contributed by atoms with E-state index in [0.717, 1.165) is 18.4 Å². The van der Waals surface area contributed by atoms with Crippen molar-refractivity contribution in [3.63, 3.8) is 0 Å². The van der Waals surface area contributed by atoms with Gasteiger partial charge in [0.05, 0.1) is 0 Å². The van der Waals surface area contributed by atoms with Crippen LogP contribution in [-0.2, 0) is 19.7 Å². The van der Waals surface area contributed by atoms with Gasteiger partial charge in [-0.1, -0.05) is 36.9 Å². The Labute approximate surface area is 123 Å².